The van der Waals surface area contributed by atoms with E-state index in [-0.39, 0.29) is 11.6 Å². The van der Waals surface area contributed by atoms with Crippen LogP contribution < -0.4 is 9.47 Å². The largest absolute Gasteiger partial charge is 0.497 e. The summed E-state index contributed by atoms with van der Waals surface area (Å²) in [6.07, 6.45) is 0. The van der Waals surface area contributed by atoms with Gasteiger partial charge in [-0.25, -0.2) is 0 Å². The lowest BCUT2D eigenvalue weighted by Crippen LogP contribution is -2.60. The van der Waals surface area contributed by atoms with Crippen LogP contribution in [0.3, 0.4) is 0 Å². The van der Waals surface area contributed by atoms with Crippen molar-refractivity contribution in [1.82, 2.24) is 9.80 Å². The van der Waals surface area contributed by atoms with E-state index in [0.717, 1.165) is 46.8 Å². The van der Waals surface area contributed by atoms with E-state index in [4.69, 9.17) is 9.47 Å². The number of ketones is 2. The number of benzene rings is 3. The van der Waals surface area contributed by atoms with Crippen LogP contribution in [0.5, 0.6) is 11.5 Å². The SMILES string of the molecule is COc1ccc(OC)c(CN2CCN(C3(c4cc(C)cc(C)c4)C(=O)c4ccccc4C3=O)CC2)c1. The van der Waals surface area contributed by atoms with E-state index in [0.29, 0.717) is 30.8 Å². The Morgan fingerprint density at radius 1 is 0.778 bits per heavy atom. The highest BCUT2D eigenvalue weighted by Gasteiger charge is 2.58. The highest BCUT2D eigenvalue weighted by Crippen LogP contribution is 2.43. The molecule has 0 atom stereocenters. The molecule has 3 aromatic rings. The number of methoxy groups -OCH3 is 2. The number of piperazine rings is 1. The van der Waals surface area contributed by atoms with Crippen molar-refractivity contribution >= 4 is 11.6 Å². The maximum Gasteiger partial charge on any atom is 0.196 e. The molecule has 0 bridgehead atoms. The summed E-state index contributed by atoms with van der Waals surface area (Å²) < 4.78 is 11.0. The highest BCUT2D eigenvalue weighted by molar-refractivity contribution is 6.32. The van der Waals surface area contributed by atoms with E-state index in [1.54, 1.807) is 26.4 Å². The molecule has 0 spiro atoms. The van der Waals surface area contributed by atoms with E-state index in [1.165, 1.54) is 0 Å². The van der Waals surface area contributed by atoms with Crippen molar-refractivity contribution in [3.8, 4) is 11.5 Å². The van der Waals surface area contributed by atoms with Gasteiger partial charge in [-0.05, 0) is 37.6 Å². The fourth-order valence-electron chi connectivity index (χ4n) is 5.78. The Kier molecular flexibility index (Phi) is 6.41. The van der Waals surface area contributed by atoms with Crippen LogP contribution in [-0.2, 0) is 12.1 Å². The van der Waals surface area contributed by atoms with Crippen molar-refractivity contribution in [1.29, 1.82) is 0 Å². The molecular weight excluding hydrogens is 452 g/mol. The Morgan fingerprint density at radius 2 is 1.39 bits per heavy atom. The van der Waals surface area contributed by atoms with E-state index in [1.807, 2.05) is 56.3 Å². The third kappa shape index (κ3) is 3.91. The summed E-state index contributed by atoms with van der Waals surface area (Å²) in [4.78, 5) is 32.6. The predicted octanol–water partition coefficient (Wildman–Crippen LogP) is 4.41. The molecule has 0 N–H and O–H groups in total. The van der Waals surface area contributed by atoms with Gasteiger partial charge in [0.1, 0.15) is 11.5 Å². The molecule has 0 aromatic heterocycles. The molecule has 0 unspecified atom stereocenters. The molecular formula is C30H32N2O4. The molecule has 0 amide bonds. The number of hydrogen-bond acceptors (Lipinski definition) is 6. The number of nitrogens with zero attached hydrogens (tertiary/aromatic N) is 2. The Balaban J connectivity index is 1.47. The smallest absolute Gasteiger partial charge is 0.196 e. The molecule has 1 aliphatic heterocycles. The molecule has 1 fully saturated rings. The van der Waals surface area contributed by atoms with Gasteiger partial charge in [-0.15, -0.1) is 0 Å². The maximum atomic E-state index is 14.1. The van der Waals surface area contributed by atoms with Crippen LogP contribution in [0.1, 0.15) is 43.0 Å². The summed E-state index contributed by atoms with van der Waals surface area (Å²) in [6.45, 7) is 7.39. The van der Waals surface area contributed by atoms with Crippen LogP contribution in [0.25, 0.3) is 0 Å². The Labute approximate surface area is 212 Å². The lowest BCUT2D eigenvalue weighted by atomic mass is 9.81. The van der Waals surface area contributed by atoms with Crippen molar-refractivity contribution in [2.75, 3.05) is 40.4 Å². The van der Waals surface area contributed by atoms with Crippen LogP contribution in [0.15, 0.2) is 60.7 Å². The van der Waals surface area contributed by atoms with E-state index >= 15 is 0 Å². The first kappa shape index (κ1) is 24.2. The topological polar surface area (TPSA) is 59.1 Å². The maximum absolute atomic E-state index is 14.1. The number of aryl methyl sites for hydroxylation is 2. The lowest BCUT2D eigenvalue weighted by Gasteiger charge is -2.44. The number of carbonyl (C=O) groups is 2. The molecule has 1 aliphatic carbocycles. The first-order valence-electron chi connectivity index (χ1n) is 12.3. The van der Waals surface area contributed by atoms with Gasteiger partial charge in [0.05, 0.1) is 14.2 Å². The molecule has 6 nitrogen and oxygen atoms in total. The monoisotopic (exact) mass is 484 g/mol. The average molecular weight is 485 g/mol. The molecule has 2 aliphatic rings. The zero-order chi connectivity index (χ0) is 25.4. The third-order valence-electron chi connectivity index (χ3n) is 7.44. The first-order valence-corrected chi connectivity index (χ1v) is 12.3. The van der Waals surface area contributed by atoms with E-state index < -0.39 is 5.54 Å². The van der Waals surface area contributed by atoms with Gasteiger partial charge in [-0.1, -0.05) is 53.6 Å². The second-order valence-corrected chi connectivity index (χ2v) is 9.73. The van der Waals surface area contributed by atoms with Crippen molar-refractivity contribution in [2.24, 2.45) is 0 Å². The van der Waals surface area contributed by atoms with Gasteiger partial charge in [0, 0.05) is 49.4 Å². The van der Waals surface area contributed by atoms with Crippen molar-refractivity contribution < 1.29 is 19.1 Å². The van der Waals surface area contributed by atoms with Gasteiger partial charge < -0.3 is 9.47 Å². The lowest BCUT2D eigenvalue weighted by molar-refractivity contribution is 0.0278. The fraction of sp³-hybridized carbons (Fsp3) is 0.333. The zero-order valence-corrected chi connectivity index (χ0v) is 21.3. The van der Waals surface area contributed by atoms with Gasteiger partial charge in [0.2, 0.25) is 0 Å². The van der Waals surface area contributed by atoms with Gasteiger partial charge in [-0.3, -0.25) is 19.4 Å². The third-order valence-corrected chi connectivity index (χ3v) is 7.44. The molecule has 36 heavy (non-hydrogen) atoms. The summed E-state index contributed by atoms with van der Waals surface area (Å²) in [7, 11) is 3.33. The molecule has 3 aromatic carbocycles. The first-order chi connectivity index (χ1) is 17.4. The zero-order valence-electron chi connectivity index (χ0n) is 21.3. The minimum Gasteiger partial charge on any atom is -0.497 e. The molecule has 0 saturated carbocycles. The minimum atomic E-state index is -1.32. The molecule has 186 valence electrons. The Hall–Kier alpha value is -3.48. The highest BCUT2D eigenvalue weighted by atomic mass is 16.5. The molecule has 5 rings (SSSR count). The van der Waals surface area contributed by atoms with Gasteiger partial charge in [0.25, 0.3) is 0 Å². The molecule has 1 saturated heterocycles. The van der Waals surface area contributed by atoms with E-state index in [9.17, 15) is 9.59 Å². The predicted molar refractivity (Wildman–Crippen MR) is 139 cm³/mol. The number of rotatable bonds is 6. The van der Waals surface area contributed by atoms with Crippen molar-refractivity contribution in [2.45, 2.75) is 25.9 Å². The number of Topliss-reactive ketones (excluding diaryl/α,β-unsaturated/α-hetero) is 2. The molecule has 6 heteroatoms. The number of carbonyl (C=O) groups excluding carboxylic acids is 2. The number of fused-ring (bicyclic) bond motifs is 1. The van der Waals surface area contributed by atoms with Crippen LogP contribution in [-0.4, -0.2) is 61.8 Å². The quantitative estimate of drug-likeness (QED) is 0.483. The second-order valence-electron chi connectivity index (χ2n) is 9.73. The van der Waals surface area contributed by atoms with Gasteiger partial charge >= 0.3 is 0 Å². The Bertz CT molecular complexity index is 1270. The summed E-state index contributed by atoms with van der Waals surface area (Å²) in [6, 6.07) is 19.1. The van der Waals surface area contributed by atoms with Crippen LogP contribution >= 0.6 is 0 Å². The van der Waals surface area contributed by atoms with Crippen LogP contribution in [0, 0.1) is 13.8 Å². The number of hydrogen-bond donors (Lipinski definition) is 0. The second kappa shape index (κ2) is 9.52. The minimum absolute atomic E-state index is 0.115. The van der Waals surface area contributed by atoms with Crippen molar-refractivity contribution in [3.05, 3.63) is 94.0 Å². The average Bonchev–Trinajstić information content (AvgIpc) is 3.11. The normalized spacial score (nSPS) is 17.8. The summed E-state index contributed by atoms with van der Waals surface area (Å²) >= 11 is 0. The van der Waals surface area contributed by atoms with E-state index in [2.05, 4.69) is 15.9 Å². The van der Waals surface area contributed by atoms with Gasteiger partial charge in [0.15, 0.2) is 17.1 Å². The summed E-state index contributed by atoms with van der Waals surface area (Å²) in [5, 5.41) is 0. The summed E-state index contributed by atoms with van der Waals surface area (Å²) in [5.74, 6) is 1.38. The van der Waals surface area contributed by atoms with Crippen LogP contribution in [0.2, 0.25) is 0 Å². The van der Waals surface area contributed by atoms with Crippen molar-refractivity contribution in [3.63, 3.8) is 0 Å². The van der Waals surface area contributed by atoms with Crippen LogP contribution in [0.4, 0.5) is 0 Å². The number of ether oxygens (including phenoxy) is 2. The Morgan fingerprint density at radius 3 is 1.94 bits per heavy atom. The molecule has 0 radical (unpaired) electrons. The standard InChI is InChI=1S/C30H32N2O4/c1-20-15-21(2)17-23(16-20)30(28(33)25-7-5-6-8-26(25)29(30)34)32-13-11-31(12-14-32)19-22-18-24(35-3)9-10-27(22)36-4/h5-10,15-18H,11-14,19H2,1-4H3. The summed E-state index contributed by atoms with van der Waals surface area (Å²) in [5.41, 5.74) is 3.63. The fourth-order valence-corrected chi connectivity index (χ4v) is 5.78. The molecule has 1 heterocycles. The van der Waals surface area contributed by atoms with Gasteiger partial charge in [-0.2, -0.15) is 0 Å².